The third-order valence-electron chi connectivity index (χ3n) is 8.64. The molecular formula is C34H48N6O4S. The van der Waals surface area contributed by atoms with E-state index in [9.17, 15) is 18.0 Å². The van der Waals surface area contributed by atoms with E-state index in [4.69, 9.17) is 0 Å². The fraction of sp³-hybridized carbons (Fsp3) is 0.471. The van der Waals surface area contributed by atoms with Crippen LogP contribution in [0.2, 0.25) is 0 Å². The number of sulfonamides is 1. The molecule has 2 aromatic carbocycles. The Labute approximate surface area is 266 Å². The first-order valence-corrected chi connectivity index (χ1v) is 17.6. The van der Waals surface area contributed by atoms with Gasteiger partial charge in [-0.2, -0.15) is 0 Å². The molecule has 0 unspecified atom stereocenters. The zero-order valence-corrected chi connectivity index (χ0v) is 28.1. The Morgan fingerprint density at radius 1 is 0.689 bits per heavy atom. The van der Waals surface area contributed by atoms with Crippen LogP contribution >= 0.6 is 0 Å². The van der Waals surface area contributed by atoms with Gasteiger partial charge in [0, 0.05) is 55.6 Å². The van der Waals surface area contributed by atoms with Gasteiger partial charge < -0.3 is 5.32 Å². The van der Waals surface area contributed by atoms with Crippen LogP contribution in [0.1, 0.15) is 73.9 Å². The fourth-order valence-corrected chi connectivity index (χ4v) is 7.04. The topological polar surface area (TPSA) is 112 Å². The Hall–Kier alpha value is -3.67. The average Bonchev–Trinajstić information content (AvgIpc) is 3.39. The molecule has 0 aliphatic heterocycles. The van der Waals surface area contributed by atoms with Crippen molar-refractivity contribution in [2.75, 3.05) is 25.4 Å². The van der Waals surface area contributed by atoms with Gasteiger partial charge in [-0.3, -0.25) is 19.0 Å². The molecule has 0 bridgehead atoms. The lowest BCUT2D eigenvalue weighted by atomic mass is 9.87. The zero-order valence-electron chi connectivity index (χ0n) is 27.3. The minimum atomic E-state index is -3.34. The molecule has 45 heavy (non-hydrogen) atoms. The summed E-state index contributed by atoms with van der Waals surface area (Å²) in [5.41, 5.74) is 4.01. The van der Waals surface area contributed by atoms with Crippen molar-refractivity contribution in [3.63, 3.8) is 0 Å². The number of benzene rings is 2. The number of hydrogen-bond donors (Lipinski definition) is 2. The number of para-hydroxylation sites is 2. The Morgan fingerprint density at radius 2 is 1.20 bits per heavy atom. The molecule has 11 heteroatoms. The minimum Gasteiger partial charge on any atom is -0.316 e. The largest absolute Gasteiger partial charge is 0.316 e. The van der Waals surface area contributed by atoms with E-state index in [1.165, 1.54) is 0 Å². The number of hydrogen-bond acceptors (Lipinski definition) is 5. The summed E-state index contributed by atoms with van der Waals surface area (Å²) < 4.78 is 34.5. The van der Waals surface area contributed by atoms with Gasteiger partial charge in [0.1, 0.15) is 0 Å². The summed E-state index contributed by atoms with van der Waals surface area (Å²) in [7, 11) is 0.387. The first-order valence-electron chi connectivity index (χ1n) is 15.9. The van der Waals surface area contributed by atoms with Crippen LogP contribution in [0.5, 0.6) is 0 Å². The van der Waals surface area contributed by atoms with Crippen molar-refractivity contribution in [3.8, 4) is 11.4 Å². The van der Waals surface area contributed by atoms with Gasteiger partial charge >= 0.3 is 0 Å². The smallest absolute Gasteiger partial charge is 0.275 e. The molecule has 0 amide bonds. The van der Waals surface area contributed by atoms with Gasteiger partial charge in [-0.25, -0.2) is 22.5 Å². The Bertz CT molecular complexity index is 1670. The number of unbranched alkanes of at least 4 members (excludes halogenated alkanes) is 3. The van der Waals surface area contributed by atoms with Crippen LogP contribution < -0.4 is 21.2 Å². The lowest BCUT2D eigenvalue weighted by Gasteiger charge is -2.16. The molecule has 0 spiro atoms. The molecule has 4 aromatic rings. The lowest BCUT2D eigenvalue weighted by molar-refractivity contribution is 0.564. The van der Waals surface area contributed by atoms with Crippen LogP contribution in [0, 0.1) is 13.8 Å². The van der Waals surface area contributed by atoms with E-state index in [0.29, 0.717) is 43.6 Å². The molecule has 0 saturated heterocycles. The SMILES string of the molecule is CCCCCCNS(=O)(=O)CCNCCCC(c1c(C)n(C)n(-c2ccccc2)c1=O)c1c(C)n(C)n(-c2ccccc2)c1=O. The summed E-state index contributed by atoms with van der Waals surface area (Å²) in [6.45, 7) is 7.33. The predicted octanol–water partition coefficient (Wildman–Crippen LogP) is 4.28. The maximum Gasteiger partial charge on any atom is 0.275 e. The molecular weight excluding hydrogens is 588 g/mol. The van der Waals surface area contributed by atoms with Crippen molar-refractivity contribution < 1.29 is 8.42 Å². The third kappa shape index (κ3) is 7.95. The molecule has 0 atom stereocenters. The van der Waals surface area contributed by atoms with Crippen molar-refractivity contribution in [1.82, 2.24) is 28.8 Å². The van der Waals surface area contributed by atoms with Crippen LogP contribution in [0.4, 0.5) is 0 Å². The highest BCUT2D eigenvalue weighted by Crippen LogP contribution is 2.31. The van der Waals surface area contributed by atoms with Crippen molar-refractivity contribution in [2.24, 2.45) is 14.1 Å². The molecule has 0 fully saturated rings. The van der Waals surface area contributed by atoms with Crippen LogP contribution in [-0.2, 0) is 24.1 Å². The van der Waals surface area contributed by atoms with Gasteiger partial charge in [-0.05, 0) is 63.9 Å². The predicted molar refractivity (Wildman–Crippen MR) is 181 cm³/mol. The van der Waals surface area contributed by atoms with E-state index in [-0.39, 0.29) is 16.9 Å². The van der Waals surface area contributed by atoms with Gasteiger partial charge in [0.05, 0.1) is 17.1 Å². The first-order chi connectivity index (χ1) is 21.6. The average molecular weight is 637 g/mol. The second-order valence-electron chi connectivity index (χ2n) is 11.7. The number of nitrogens with zero attached hydrogens (tertiary/aromatic N) is 4. The summed E-state index contributed by atoms with van der Waals surface area (Å²) in [5, 5.41) is 3.26. The summed E-state index contributed by atoms with van der Waals surface area (Å²) in [4.78, 5) is 28.3. The highest BCUT2D eigenvalue weighted by atomic mass is 32.2. The van der Waals surface area contributed by atoms with Crippen molar-refractivity contribution in [3.05, 3.63) is 104 Å². The standard InChI is InChI=1S/C34H48N6O4S/c1-6-7-8-15-23-36-45(43,44)25-24-35-22-16-21-30(31-26(2)37(4)39(33(31)41)28-17-11-9-12-18-28)32-27(3)38(5)40(34(32)42)29-19-13-10-14-20-29/h9-14,17-20,30,35-36H,6-8,15-16,21-25H2,1-5H3. The summed E-state index contributed by atoms with van der Waals surface area (Å²) >= 11 is 0. The second kappa shape index (κ2) is 15.6. The Balaban J connectivity index is 1.59. The molecule has 2 aromatic heterocycles. The number of aromatic nitrogens is 4. The first kappa shape index (κ1) is 34.2. The molecule has 2 N–H and O–H groups in total. The zero-order chi connectivity index (χ0) is 32.6. The second-order valence-corrected chi connectivity index (χ2v) is 13.6. The van der Waals surface area contributed by atoms with E-state index < -0.39 is 15.9 Å². The Morgan fingerprint density at radius 3 is 1.69 bits per heavy atom. The monoisotopic (exact) mass is 636 g/mol. The van der Waals surface area contributed by atoms with E-state index in [1.54, 1.807) is 9.36 Å². The van der Waals surface area contributed by atoms with E-state index in [1.807, 2.05) is 98.0 Å². The molecule has 2 heterocycles. The van der Waals surface area contributed by atoms with Crippen LogP contribution in [0.15, 0.2) is 70.3 Å². The summed E-state index contributed by atoms with van der Waals surface area (Å²) in [6.07, 6.45) is 5.27. The van der Waals surface area contributed by atoms with Crippen LogP contribution in [-0.4, -0.2) is 52.5 Å². The molecule has 0 aliphatic carbocycles. The summed E-state index contributed by atoms with van der Waals surface area (Å²) in [6, 6.07) is 19.0. The van der Waals surface area contributed by atoms with Gasteiger partial charge in [0.25, 0.3) is 11.1 Å². The molecule has 0 aliphatic rings. The third-order valence-corrected chi connectivity index (χ3v) is 10.0. The van der Waals surface area contributed by atoms with E-state index in [0.717, 1.165) is 48.4 Å². The van der Waals surface area contributed by atoms with Crippen molar-refractivity contribution >= 4 is 10.0 Å². The minimum absolute atomic E-state index is 0.00333. The lowest BCUT2D eigenvalue weighted by Crippen LogP contribution is -2.33. The van der Waals surface area contributed by atoms with Crippen molar-refractivity contribution in [1.29, 1.82) is 0 Å². The van der Waals surface area contributed by atoms with E-state index in [2.05, 4.69) is 17.0 Å². The highest BCUT2D eigenvalue weighted by Gasteiger charge is 2.31. The summed E-state index contributed by atoms with van der Waals surface area (Å²) in [5.74, 6) is -0.448. The number of rotatable bonds is 17. The highest BCUT2D eigenvalue weighted by molar-refractivity contribution is 7.89. The van der Waals surface area contributed by atoms with Gasteiger partial charge in [-0.1, -0.05) is 62.6 Å². The number of nitrogens with one attached hydrogen (secondary N) is 2. The Kier molecular flexibility index (Phi) is 11.8. The van der Waals surface area contributed by atoms with Crippen LogP contribution in [0.3, 0.4) is 0 Å². The quantitative estimate of drug-likeness (QED) is 0.168. The fourth-order valence-electron chi connectivity index (χ4n) is 6.03. The molecule has 244 valence electrons. The van der Waals surface area contributed by atoms with Gasteiger partial charge in [0.15, 0.2) is 0 Å². The van der Waals surface area contributed by atoms with Crippen molar-refractivity contribution in [2.45, 2.75) is 65.2 Å². The van der Waals surface area contributed by atoms with Crippen LogP contribution in [0.25, 0.3) is 11.4 Å². The molecule has 0 radical (unpaired) electrons. The maximum atomic E-state index is 14.1. The van der Waals surface area contributed by atoms with E-state index >= 15 is 0 Å². The normalized spacial score (nSPS) is 12.0. The molecule has 4 rings (SSSR count). The van der Waals surface area contributed by atoms with Gasteiger partial charge in [-0.15, -0.1) is 0 Å². The maximum absolute atomic E-state index is 14.1. The molecule has 0 saturated carbocycles. The van der Waals surface area contributed by atoms with Gasteiger partial charge in [0.2, 0.25) is 10.0 Å². The molecule has 10 nitrogen and oxygen atoms in total.